The molecule has 2 bridgehead atoms. The molecule has 42 heavy (non-hydrogen) atoms. The van der Waals surface area contributed by atoms with Gasteiger partial charge in [-0.05, 0) is 36.4 Å². The third-order valence-electron chi connectivity index (χ3n) is 7.20. The predicted octanol–water partition coefficient (Wildman–Crippen LogP) is 3.65. The summed E-state index contributed by atoms with van der Waals surface area (Å²) in [5.41, 5.74) is 0.560. The Kier molecular flexibility index (Phi) is 6.88. The van der Waals surface area contributed by atoms with Crippen molar-refractivity contribution in [3.8, 4) is 17.2 Å². The van der Waals surface area contributed by atoms with Gasteiger partial charge in [-0.2, -0.15) is 0 Å². The second-order valence-corrected chi connectivity index (χ2v) is 9.66. The lowest BCUT2D eigenvalue weighted by atomic mass is 9.82. The molecular formula is C29H24N2O11. The Labute approximate surface area is 238 Å². The van der Waals surface area contributed by atoms with Gasteiger partial charge in [0.2, 0.25) is 5.79 Å². The van der Waals surface area contributed by atoms with Crippen molar-refractivity contribution < 1.29 is 52.8 Å². The summed E-state index contributed by atoms with van der Waals surface area (Å²) in [6.07, 6.45) is -2.34. The van der Waals surface area contributed by atoms with E-state index in [1.165, 1.54) is 29.2 Å². The Morgan fingerprint density at radius 3 is 2.24 bits per heavy atom. The fourth-order valence-corrected chi connectivity index (χ4v) is 5.36. The molecule has 0 radical (unpaired) electrons. The fourth-order valence-electron chi connectivity index (χ4n) is 5.36. The van der Waals surface area contributed by atoms with Gasteiger partial charge in [-0.25, -0.2) is 24.3 Å². The Bertz CT molecular complexity index is 1530. The van der Waals surface area contributed by atoms with Gasteiger partial charge in [-0.1, -0.05) is 36.4 Å². The van der Waals surface area contributed by atoms with Crippen molar-refractivity contribution >= 4 is 30.4 Å². The molecule has 3 aromatic rings. The number of aldehydes is 1. The summed E-state index contributed by atoms with van der Waals surface area (Å²) < 4.78 is 26.3. The number of carbonyl (C=O) groups is 4. The molecule has 2 saturated heterocycles. The molecule has 216 valence electrons. The van der Waals surface area contributed by atoms with Crippen molar-refractivity contribution in [1.82, 2.24) is 4.90 Å². The number of hydroxylamine groups is 1. The second-order valence-electron chi connectivity index (χ2n) is 9.66. The molecule has 6 rings (SSSR count). The Balaban J connectivity index is 1.36. The van der Waals surface area contributed by atoms with Crippen molar-refractivity contribution in [3.05, 3.63) is 83.9 Å². The topological polar surface area (TPSA) is 150 Å². The van der Waals surface area contributed by atoms with E-state index in [0.29, 0.717) is 6.29 Å². The monoisotopic (exact) mass is 576 g/mol. The first kappa shape index (κ1) is 27.1. The Morgan fingerprint density at radius 2 is 1.62 bits per heavy atom. The van der Waals surface area contributed by atoms with E-state index >= 15 is 0 Å². The summed E-state index contributed by atoms with van der Waals surface area (Å²) >= 11 is 0. The molecule has 13 nitrogen and oxygen atoms in total. The van der Waals surface area contributed by atoms with E-state index in [-0.39, 0.29) is 40.6 Å². The molecule has 4 atom stereocenters. The van der Waals surface area contributed by atoms with Crippen LogP contribution in [0.25, 0.3) is 0 Å². The van der Waals surface area contributed by atoms with Crippen LogP contribution in [0.5, 0.6) is 17.2 Å². The summed E-state index contributed by atoms with van der Waals surface area (Å²) in [5.74, 6) is -3.08. The molecule has 3 aliphatic rings. The third kappa shape index (κ3) is 4.84. The van der Waals surface area contributed by atoms with Crippen molar-refractivity contribution in [1.29, 1.82) is 0 Å². The van der Waals surface area contributed by atoms with Gasteiger partial charge in [0.15, 0.2) is 0 Å². The van der Waals surface area contributed by atoms with Gasteiger partial charge in [-0.3, -0.25) is 9.69 Å². The van der Waals surface area contributed by atoms with Crippen LogP contribution in [0.4, 0.5) is 20.1 Å². The third-order valence-corrected chi connectivity index (χ3v) is 7.20. The van der Waals surface area contributed by atoms with E-state index in [2.05, 4.69) is 0 Å². The van der Waals surface area contributed by atoms with Crippen LogP contribution in [-0.2, 0) is 14.3 Å². The first-order valence-corrected chi connectivity index (χ1v) is 12.8. The van der Waals surface area contributed by atoms with Crippen LogP contribution in [-0.4, -0.2) is 72.8 Å². The summed E-state index contributed by atoms with van der Waals surface area (Å²) in [7, 11) is 1.21. The number of rotatable bonds is 6. The minimum atomic E-state index is -2.15. The van der Waals surface area contributed by atoms with Crippen molar-refractivity contribution in [2.45, 2.75) is 23.8 Å². The summed E-state index contributed by atoms with van der Waals surface area (Å²) in [6.45, 7) is -0.416. The van der Waals surface area contributed by atoms with Gasteiger partial charge < -0.3 is 28.8 Å². The highest BCUT2D eigenvalue weighted by molar-refractivity contribution is 5.83. The number of fused-ring (bicyclic) bond motifs is 6. The fraction of sp³-hybridized carbons (Fsp3) is 0.241. The second kappa shape index (κ2) is 10.7. The van der Waals surface area contributed by atoms with Gasteiger partial charge in [0.05, 0.1) is 31.3 Å². The number of anilines is 1. The van der Waals surface area contributed by atoms with Gasteiger partial charge in [0.25, 0.3) is 0 Å². The first-order chi connectivity index (χ1) is 20.3. The summed E-state index contributed by atoms with van der Waals surface area (Å²) in [4.78, 5) is 57.0. The van der Waals surface area contributed by atoms with Gasteiger partial charge >= 0.3 is 18.4 Å². The first-order valence-electron chi connectivity index (χ1n) is 12.8. The Hall–Kier alpha value is -5.14. The molecule has 0 spiro atoms. The maximum atomic E-state index is 12.8. The lowest BCUT2D eigenvalue weighted by Crippen LogP contribution is -2.59. The molecule has 3 aliphatic heterocycles. The number of hydrogen-bond acceptors (Lipinski definition) is 12. The van der Waals surface area contributed by atoms with Gasteiger partial charge in [-0.15, -0.1) is 0 Å². The molecule has 3 heterocycles. The number of para-hydroxylation sites is 2. The lowest BCUT2D eigenvalue weighted by Gasteiger charge is -2.47. The molecule has 13 heteroatoms. The largest absolute Gasteiger partial charge is 0.519 e. The average Bonchev–Trinajstić information content (AvgIpc) is 3.73. The zero-order valence-corrected chi connectivity index (χ0v) is 22.1. The van der Waals surface area contributed by atoms with Crippen LogP contribution >= 0.6 is 0 Å². The number of nitrogens with zero attached hydrogens (tertiary/aromatic N) is 2. The van der Waals surface area contributed by atoms with Gasteiger partial charge in [0.1, 0.15) is 36.2 Å². The number of carbonyl (C=O) groups excluding carboxylic acids is 4. The number of benzene rings is 3. The predicted molar refractivity (Wildman–Crippen MR) is 141 cm³/mol. The van der Waals surface area contributed by atoms with E-state index in [1.807, 2.05) is 0 Å². The maximum absolute atomic E-state index is 12.8. The van der Waals surface area contributed by atoms with Crippen LogP contribution < -0.4 is 19.3 Å². The van der Waals surface area contributed by atoms with E-state index in [4.69, 9.17) is 28.5 Å². The minimum absolute atomic E-state index is 0.106. The van der Waals surface area contributed by atoms with E-state index < -0.39 is 48.8 Å². The lowest BCUT2D eigenvalue weighted by molar-refractivity contribution is -0.250. The normalized spacial score (nSPS) is 23.0. The highest BCUT2D eigenvalue weighted by Crippen LogP contribution is 2.57. The molecule has 0 aromatic heterocycles. The Morgan fingerprint density at radius 1 is 0.976 bits per heavy atom. The smallest absolute Gasteiger partial charge is 0.453 e. The van der Waals surface area contributed by atoms with E-state index in [9.17, 15) is 24.3 Å². The number of ether oxygens (including phenoxy) is 5. The molecular weight excluding hydrogens is 552 g/mol. The summed E-state index contributed by atoms with van der Waals surface area (Å²) in [6, 6.07) is 17.7. The van der Waals surface area contributed by atoms with Crippen LogP contribution in [0.2, 0.25) is 0 Å². The number of methoxy groups -OCH3 is 1. The van der Waals surface area contributed by atoms with Crippen LogP contribution in [0.15, 0.2) is 72.8 Å². The van der Waals surface area contributed by atoms with Gasteiger partial charge in [0, 0.05) is 11.1 Å². The average molecular weight is 577 g/mol. The van der Waals surface area contributed by atoms with E-state index in [0.717, 1.165) is 0 Å². The maximum Gasteiger partial charge on any atom is 0.519 e. The minimum Gasteiger partial charge on any atom is -0.453 e. The van der Waals surface area contributed by atoms with Crippen molar-refractivity contribution in [3.63, 3.8) is 0 Å². The molecule has 0 saturated carbocycles. The number of amides is 1. The number of aliphatic hydroxyl groups is 1. The van der Waals surface area contributed by atoms with Crippen LogP contribution in [0.1, 0.15) is 21.8 Å². The van der Waals surface area contributed by atoms with Crippen LogP contribution in [0, 0.1) is 0 Å². The standard InChI is InChI=1S/C29H24N2O11/c1-37-26(33)31-22-14-30-21-12-17(15-32)13-23(41-28(35)40-19-10-6-3-7-11-19)24(21)20(29(36,42-30)25(22)31)16-38-27(34)39-18-8-4-2-5-9-18/h2-13,15,20,22,25,36H,14,16H2,1H3/t20-,22-,25-,29+,31?/m0/s1. The SMILES string of the molecule is COC(=O)N1[C@H]2[C@@H]1CN1O[C@]2(O)[C@@H](COC(=O)Oc2ccccc2)c2c(OC(=O)Oc3ccccc3)cc(C=O)cc21. The quantitative estimate of drug-likeness (QED) is 0.197. The molecule has 3 aromatic carbocycles. The molecule has 0 aliphatic carbocycles. The number of hydrogen-bond donors (Lipinski definition) is 1. The highest BCUT2D eigenvalue weighted by atomic mass is 16.8. The zero-order chi connectivity index (χ0) is 29.4. The molecule has 1 amide bonds. The van der Waals surface area contributed by atoms with Crippen LogP contribution in [0.3, 0.4) is 0 Å². The summed E-state index contributed by atoms with van der Waals surface area (Å²) in [5, 5.41) is 13.3. The molecule has 0 unspecified atom stereocenters. The zero-order valence-electron chi connectivity index (χ0n) is 22.1. The molecule has 2 fully saturated rings. The van der Waals surface area contributed by atoms with E-state index in [1.54, 1.807) is 60.7 Å². The van der Waals surface area contributed by atoms with Crippen molar-refractivity contribution in [2.24, 2.45) is 0 Å². The highest BCUT2D eigenvalue weighted by Gasteiger charge is 2.72. The molecule has 1 N–H and O–H groups in total. The van der Waals surface area contributed by atoms with Crippen molar-refractivity contribution in [2.75, 3.05) is 25.3 Å².